The number of H-pyrrole nitrogens is 1. The van der Waals surface area contributed by atoms with Gasteiger partial charge < -0.3 is 0 Å². The van der Waals surface area contributed by atoms with Gasteiger partial charge in [-0.2, -0.15) is 0 Å². The number of carbonyl (C=O) groups excluding carboxylic acids is 1. The van der Waals surface area contributed by atoms with Crippen molar-refractivity contribution in [2.24, 2.45) is 39.9 Å². The molecule has 2 aliphatic heterocycles. The zero-order valence-electron chi connectivity index (χ0n) is 25.1. The van der Waals surface area contributed by atoms with Crippen molar-refractivity contribution in [3.8, 4) is 11.3 Å². The molecule has 218 valence electrons. The summed E-state index contributed by atoms with van der Waals surface area (Å²) in [6.07, 6.45) is 15.3. The molecule has 2 saturated heterocycles. The minimum absolute atomic E-state index is 0.0880. The van der Waals surface area contributed by atoms with E-state index in [-0.39, 0.29) is 5.41 Å². The van der Waals surface area contributed by atoms with Gasteiger partial charge in [-0.05, 0) is 0 Å². The summed E-state index contributed by atoms with van der Waals surface area (Å²) in [5, 5.41) is 3.40. The SMILES string of the molecule is CC1CCC2(C)C(CCC3(C)C4CCC5(C(=O)NCc6ncc(-c7ccccc7)[nH]6)CCCC5I4CCC23)C1C. The van der Waals surface area contributed by atoms with Crippen molar-refractivity contribution in [2.75, 3.05) is 4.43 Å². The average Bonchev–Trinajstić information content (AvgIpc) is 3.63. The second-order valence-corrected chi connectivity index (χ2v) is 21.4. The van der Waals surface area contributed by atoms with E-state index in [1.54, 1.807) is 0 Å². The number of alkyl halides is 3. The van der Waals surface area contributed by atoms with Gasteiger partial charge in [-0.1, -0.05) is 0 Å². The van der Waals surface area contributed by atoms with Crippen LogP contribution in [0.25, 0.3) is 11.3 Å². The maximum atomic E-state index is 14.1. The number of aromatic nitrogens is 2. The number of hydrogen-bond donors (Lipinski definition) is 2. The Kier molecular flexibility index (Phi) is 6.95. The Labute approximate surface area is 249 Å². The van der Waals surface area contributed by atoms with Crippen LogP contribution in [-0.4, -0.2) is 28.2 Å². The van der Waals surface area contributed by atoms with Crippen LogP contribution in [0.3, 0.4) is 0 Å². The third-order valence-corrected chi connectivity index (χ3v) is 22.8. The second kappa shape index (κ2) is 10.1. The number of amides is 1. The minimum atomic E-state index is -1.29. The number of benzene rings is 1. The van der Waals surface area contributed by atoms with Crippen molar-refractivity contribution in [1.29, 1.82) is 0 Å². The van der Waals surface area contributed by atoms with E-state index in [1.807, 2.05) is 24.4 Å². The Morgan fingerprint density at radius 1 is 0.975 bits per heavy atom. The van der Waals surface area contributed by atoms with E-state index in [0.717, 1.165) is 61.4 Å². The van der Waals surface area contributed by atoms with Crippen LogP contribution >= 0.6 is 19.8 Å². The van der Waals surface area contributed by atoms with Crippen LogP contribution in [0.4, 0.5) is 0 Å². The molecular formula is C35H50IN3O. The van der Waals surface area contributed by atoms with Crippen molar-refractivity contribution >= 4 is 25.7 Å². The van der Waals surface area contributed by atoms with Gasteiger partial charge in [0.25, 0.3) is 0 Å². The summed E-state index contributed by atoms with van der Waals surface area (Å²) in [6.45, 7) is 11.1. The molecule has 7 rings (SSSR count). The van der Waals surface area contributed by atoms with Crippen molar-refractivity contribution in [1.82, 2.24) is 15.3 Å². The van der Waals surface area contributed by atoms with Gasteiger partial charge in [0, 0.05) is 0 Å². The number of hydrogen-bond acceptors (Lipinski definition) is 2. The summed E-state index contributed by atoms with van der Waals surface area (Å²) in [5.74, 6) is 4.83. The van der Waals surface area contributed by atoms with Crippen molar-refractivity contribution in [2.45, 2.75) is 106 Å². The zero-order chi connectivity index (χ0) is 27.7. The molecule has 2 N–H and O–H groups in total. The number of aromatic amines is 1. The van der Waals surface area contributed by atoms with Crippen LogP contribution in [0.1, 0.15) is 97.7 Å². The monoisotopic (exact) mass is 655 g/mol. The molecular weight excluding hydrogens is 605 g/mol. The fourth-order valence-electron chi connectivity index (χ4n) is 10.9. The first-order valence-corrected chi connectivity index (χ1v) is 20.3. The number of nitrogens with zero attached hydrogens (tertiary/aromatic N) is 1. The molecule has 3 saturated carbocycles. The molecule has 2 aromatic rings. The van der Waals surface area contributed by atoms with Gasteiger partial charge in [-0.3, -0.25) is 0 Å². The van der Waals surface area contributed by atoms with Gasteiger partial charge in [-0.25, -0.2) is 0 Å². The van der Waals surface area contributed by atoms with E-state index >= 15 is 0 Å². The van der Waals surface area contributed by atoms with Crippen LogP contribution < -0.4 is 5.32 Å². The van der Waals surface area contributed by atoms with Crippen LogP contribution in [0.2, 0.25) is 0 Å². The number of carbonyl (C=O) groups is 1. The van der Waals surface area contributed by atoms with E-state index < -0.39 is 19.8 Å². The van der Waals surface area contributed by atoms with Gasteiger partial charge in [0.1, 0.15) is 0 Å². The molecule has 3 heterocycles. The molecule has 1 amide bonds. The molecule has 1 aromatic heterocycles. The summed E-state index contributed by atoms with van der Waals surface area (Å²) >= 11 is -1.29. The predicted octanol–water partition coefficient (Wildman–Crippen LogP) is 8.41. The summed E-state index contributed by atoms with van der Waals surface area (Å²) in [4.78, 5) is 22.1. The molecule has 0 bridgehead atoms. The third-order valence-electron chi connectivity index (χ3n) is 13.2. The molecule has 9 atom stereocenters. The Morgan fingerprint density at radius 3 is 2.60 bits per heavy atom. The van der Waals surface area contributed by atoms with E-state index in [0.29, 0.717) is 23.3 Å². The summed E-state index contributed by atoms with van der Waals surface area (Å²) in [7, 11) is 0. The average molecular weight is 656 g/mol. The Bertz CT molecular complexity index is 1240. The molecule has 40 heavy (non-hydrogen) atoms. The van der Waals surface area contributed by atoms with Crippen LogP contribution in [-0.2, 0) is 11.3 Å². The quantitative estimate of drug-likeness (QED) is 0.257. The van der Waals surface area contributed by atoms with Crippen molar-refractivity contribution in [3.63, 3.8) is 0 Å². The van der Waals surface area contributed by atoms with E-state index in [4.69, 9.17) is 0 Å². The molecule has 5 heteroatoms. The van der Waals surface area contributed by atoms with Crippen molar-refractivity contribution in [3.05, 3.63) is 42.4 Å². The fourth-order valence-corrected chi connectivity index (χ4v) is 22.2. The summed E-state index contributed by atoms with van der Waals surface area (Å²) in [5.41, 5.74) is 3.14. The van der Waals surface area contributed by atoms with Gasteiger partial charge in [0.15, 0.2) is 0 Å². The normalized spacial score (nSPS) is 43.2. The van der Waals surface area contributed by atoms with Gasteiger partial charge in [0.2, 0.25) is 0 Å². The topological polar surface area (TPSA) is 57.8 Å². The van der Waals surface area contributed by atoms with Crippen LogP contribution in [0.15, 0.2) is 36.5 Å². The molecule has 3 aliphatic carbocycles. The van der Waals surface area contributed by atoms with E-state index in [2.05, 4.69) is 55.1 Å². The number of rotatable bonds is 4. The Morgan fingerprint density at radius 2 is 1.77 bits per heavy atom. The summed E-state index contributed by atoms with van der Waals surface area (Å²) in [6, 6.07) is 10.3. The van der Waals surface area contributed by atoms with Gasteiger partial charge in [0.05, 0.1) is 0 Å². The number of fused-ring (bicyclic) bond motifs is 7. The molecule has 4 nitrogen and oxygen atoms in total. The first kappa shape index (κ1) is 27.5. The predicted molar refractivity (Wildman–Crippen MR) is 172 cm³/mol. The molecule has 5 aliphatic rings. The van der Waals surface area contributed by atoms with Gasteiger partial charge >= 0.3 is 250 Å². The molecule has 1 aromatic carbocycles. The fraction of sp³-hybridized carbons (Fsp3) is 0.714. The Hall–Kier alpha value is -1.37. The Balaban J connectivity index is 1.07. The molecule has 0 radical (unpaired) electrons. The number of halogens is 1. The van der Waals surface area contributed by atoms with Crippen molar-refractivity contribution < 1.29 is 4.79 Å². The second-order valence-electron chi connectivity index (χ2n) is 14.8. The third kappa shape index (κ3) is 4.09. The van der Waals surface area contributed by atoms with E-state index in [9.17, 15) is 4.79 Å². The van der Waals surface area contributed by atoms with Crippen LogP contribution in [0, 0.1) is 39.9 Å². The number of nitrogens with one attached hydrogen (secondary N) is 2. The summed E-state index contributed by atoms with van der Waals surface area (Å²) < 4.78 is 3.20. The molecule has 9 unspecified atom stereocenters. The number of imidazole rings is 1. The first-order valence-electron chi connectivity index (χ1n) is 16.3. The van der Waals surface area contributed by atoms with E-state index in [1.165, 1.54) is 55.8 Å². The molecule has 5 fully saturated rings. The standard InChI is InChI=1S/C35H50IN3O/c1-23-12-17-33(3)26(24(23)2)13-18-34(4)28(33)15-20-36-29(34)14-19-35(16-8-11-30(35)36)32(40)38-22-31-37-21-27(39-31)25-9-6-5-7-10-25/h5-7,9-10,21,23-24,26,28-30H,8,11-20,22H2,1-4H3,(H,37,39)(H,38,40). The van der Waals surface area contributed by atoms with Crippen LogP contribution in [0.5, 0.6) is 0 Å². The maximum absolute atomic E-state index is 14.1. The van der Waals surface area contributed by atoms with Gasteiger partial charge in [-0.15, -0.1) is 0 Å². The first-order chi connectivity index (χ1) is 19.3. The zero-order valence-corrected chi connectivity index (χ0v) is 27.3. The molecule has 0 spiro atoms.